The van der Waals surface area contributed by atoms with Crippen molar-refractivity contribution < 1.29 is 23.9 Å². The van der Waals surface area contributed by atoms with Crippen molar-refractivity contribution in [3.05, 3.63) is 29.8 Å². The maximum absolute atomic E-state index is 13.4. The summed E-state index contributed by atoms with van der Waals surface area (Å²) in [5.41, 5.74) is 5.24. The second-order valence-corrected chi connectivity index (χ2v) is 8.15. The first-order chi connectivity index (χ1) is 13.9. The van der Waals surface area contributed by atoms with E-state index in [1.165, 1.54) is 4.90 Å². The Morgan fingerprint density at radius 2 is 2.03 bits per heavy atom. The molecule has 4 N–H and O–H groups in total. The van der Waals surface area contributed by atoms with Gasteiger partial charge in [0.05, 0.1) is 24.5 Å². The van der Waals surface area contributed by atoms with E-state index in [-0.39, 0.29) is 30.9 Å². The summed E-state index contributed by atoms with van der Waals surface area (Å²) in [6.45, 7) is 0.784. The molecule has 0 aromatic heterocycles. The third kappa shape index (κ3) is 2.47. The number of fused-ring (bicyclic) bond motifs is 4. The van der Waals surface area contributed by atoms with Gasteiger partial charge in [0, 0.05) is 30.3 Å². The number of imide groups is 1. The van der Waals surface area contributed by atoms with Gasteiger partial charge in [-0.25, -0.2) is 0 Å². The lowest BCUT2D eigenvalue weighted by molar-refractivity contribution is -0.144. The molecule has 4 aliphatic heterocycles. The van der Waals surface area contributed by atoms with Gasteiger partial charge < -0.3 is 15.8 Å². The van der Waals surface area contributed by atoms with Gasteiger partial charge in [0.15, 0.2) is 0 Å². The van der Waals surface area contributed by atoms with Crippen LogP contribution in [0.25, 0.3) is 0 Å². The van der Waals surface area contributed by atoms with Gasteiger partial charge in [0.2, 0.25) is 23.6 Å². The Morgan fingerprint density at radius 1 is 1.24 bits per heavy atom. The van der Waals surface area contributed by atoms with Crippen molar-refractivity contribution in [2.45, 2.75) is 36.9 Å². The number of nitrogens with zero attached hydrogens (tertiary/aromatic N) is 1. The summed E-state index contributed by atoms with van der Waals surface area (Å²) in [7, 11) is 0. The Kier molecular flexibility index (Phi) is 4.01. The Morgan fingerprint density at radius 3 is 2.76 bits per heavy atom. The zero-order chi connectivity index (χ0) is 20.3. The highest BCUT2D eigenvalue weighted by atomic mass is 16.5. The van der Waals surface area contributed by atoms with E-state index in [0.717, 1.165) is 12.8 Å². The number of carbonyl (C=O) groups is 4. The van der Waals surface area contributed by atoms with Crippen molar-refractivity contribution in [3.63, 3.8) is 0 Å². The SMILES string of the molecule is NC(=O)C[C@@H]1N[C@]2(C(=O)Nc3ccccc32)[C@@H]2C(=O)N(C[C@H]3CCCO3)C(=O)[C@H]12. The molecule has 9 nitrogen and oxygen atoms in total. The summed E-state index contributed by atoms with van der Waals surface area (Å²) in [5.74, 6) is -3.51. The third-order valence-corrected chi connectivity index (χ3v) is 6.55. The number of ether oxygens (including phenoxy) is 1. The van der Waals surface area contributed by atoms with Crippen molar-refractivity contribution in [3.8, 4) is 0 Å². The van der Waals surface area contributed by atoms with E-state index in [4.69, 9.17) is 10.5 Å². The van der Waals surface area contributed by atoms with Crippen LogP contribution in [0, 0.1) is 11.8 Å². The minimum Gasteiger partial charge on any atom is -0.376 e. The highest BCUT2D eigenvalue weighted by Gasteiger charge is 2.70. The van der Waals surface area contributed by atoms with E-state index in [9.17, 15) is 19.2 Å². The average Bonchev–Trinajstić information content (AvgIpc) is 3.41. The molecule has 3 saturated heterocycles. The molecule has 1 aromatic rings. The van der Waals surface area contributed by atoms with Crippen LogP contribution in [-0.2, 0) is 29.5 Å². The zero-order valence-electron chi connectivity index (χ0n) is 15.7. The van der Waals surface area contributed by atoms with Gasteiger partial charge in [0.1, 0.15) is 5.54 Å². The zero-order valence-corrected chi connectivity index (χ0v) is 15.7. The monoisotopic (exact) mass is 398 g/mol. The predicted molar refractivity (Wildman–Crippen MR) is 100 cm³/mol. The van der Waals surface area contributed by atoms with Crippen LogP contribution in [-0.4, -0.2) is 53.8 Å². The second-order valence-electron chi connectivity index (χ2n) is 8.15. The van der Waals surface area contributed by atoms with E-state index >= 15 is 0 Å². The standard InChI is InChI=1S/C20H22N4O5/c21-14(25)8-13-15-16(18(27)24(17(15)26)9-10-4-3-7-29-10)20(23-13)11-5-1-2-6-12(11)22-19(20)28/h1-2,5-6,10,13,15-16,23H,3-4,7-9H2,(H2,21,25)(H,22,28)/t10-,13+,15-,16+,20+/m1/s1. The lowest BCUT2D eigenvalue weighted by atomic mass is 9.76. The molecule has 29 heavy (non-hydrogen) atoms. The number of primary amides is 1. The Hall–Kier alpha value is -2.78. The molecular formula is C20H22N4O5. The molecule has 5 atom stereocenters. The first-order valence-corrected chi connectivity index (χ1v) is 9.87. The number of likely N-dealkylation sites (tertiary alicyclic amines) is 1. The first-order valence-electron chi connectivity index (χ1n) is 9.87. The van der Waals surface area contributed by atoms with Crippen molar-refractivity contribution >= 4 is 29.3 Å². The van der Waals surface area contributed by atoms with Crippen molar-refractivity contribution in [2.75, 3.05) is 18.5 Å². The molecule has 0 radical (unpaired) electrons. The van der Waals surface area contributed by atoms with Gasteiger partial charge in [-0.2, -0.15) is 0 Å². The fourth-order valence-corrected chi connectivity index (χ4v) is 5.38. The molecule has 0 unspecified atom stereocenters. The highest BCUT2D eigenvalue weighted by Crippen LogP contribution is 2.53. The molecule has 1 spiro atoms. The predicted octanol–water partition coefficient (Wildman–Crippen LogP) is -0.539. The molecule has 0 saturated carbocycles. The van der Waals surface area contributed by atoms with Crippen LogP contribution in [0.15, 0.2) is 24.3 Å². The number of carbonyl (C=O) groups excluding carboxylic acids is 4. The Balaban J connectivity index is 1.58. The fourth-order valence-electron chi connectivity index (χ4n) is 5.38. The molecule has 4 heterocycles. The number of benzene rings is 1. The van der Waals surface area contributed by atoms with Crippen LogP contribution in [0.5, 0.6) is 0 Å². The largest absolute Gasteiger partial charge is 0.376 e. The smallest absolute Gasteiger partial charge is 0.250 e. The summed E-state index contributed by atoms with van der Waals surface area (Å²) in [6, 6.07) is 6.40. The molecule has 4 amide bonds. The topological polar surface area (TPSA) is 131 Å². The number of para-hydroxylation sites is 1. The van der Waals surface area contributed by atoms with E-state index in [2.05, 4.69) is 10.6 Å². The minimum absolute atomic E-state index is 0.134. The Bertz CT molecular complexity index is 927. The highest BCUT2D eigenvalue weighted by molar-refractivity contribution is 6.15. The number of nitrogens with two attached hydrogens (primary N) is 1. The van der Waals surface area contributed by atoms with E-state index < -0.39 is 35.2 Å². The fraction of sp³-hybridized carbons (Fsp3) is 0.500. The van der Waals surface area contributed by atoms with Crippen LogP contribution >= 0.6 is 0 Å². The van der Waals surface area contributed by atoms with Crippen LogP contribution < -0.4 is 16.4 Å². The summed E-state index contributed by atoms with van der Waals surface area (Å²) in [5, 5.41) is 5.98. The summed E-state index contributed by atoms with van der Waals surface area (Å²) >= 11 is 0. The molecule has 152 valence electrons. The number of anilines is 1. The maximum atomic E-state index is 13.4. The number of nitrogens with one attached hydrogen (secondary N) is 2. The average molecular weight is 398 g/mol. The van der Waals surface area contributed by atoms with Crippen molar-refractivity contribution in [2.24, 2.45) is 17.6 Å². The van der Waals surface area contributed by atoms with Crippen molar-refractivity contribution in [1.29, 1.82) is 0 Å². The molecule has 9 heteroatoms. The number of amides is 4. The van der Waals surface area contributed by atoms with Crippen LogP contribution in [0.3, 0.4) is 0 Å². The molecule has 1 aromatic carbocycles. The van der Waals surface area contributed by atoms with Gasteiger partial charge in [-0.3, -0.25) is 29.4 Å². The molecule has 0 bridgehead atoms. The van der Waals surface area contributed by atoms with Gasteiger partial charge >= 0.3 is 0 Å². The molecule has 0 aliphatic carbocycles. The molecule has 5 rings (SSSR count). The van der Waals surface area contributed by atoms with E-state index in [1.807, 2.05) is 0 Å². The lowest BCUT2D eigenvalue weighted by Crippen LogP contribution is -2.54. The first kappa shape index (κ1) is 18.3. The van der Waals surface area contributed by atoms with E-state index in [1.54, 1.807) is 24.3 Å². The molecule has 3 fully saturated rings. The lowest BCUT2D eigenvalue weighted by Gasteiger charge is -2.29. The van der Waals surface area contributed by atoms with Gasteiger partial charge in [-0.15, -0.1) is 0 Å². The molecular weight excluding hydrogens is 376 g/mol. The van der Waals surface area contributed by atoms with Gasteiger partial charge in [-0.1, -0.05) is 18.2 Å². The third-order valence-electron chi connectivity index (χ3n) is 6.55. The number of rotatable bonds is 4. The van der Waals surface area contributed by atoms with Crippen LogP contribution in [0.2, 0.25) is 0 Å². The maximum Gasteiger partial charge on any atom is 0.250 e. The van der Waals surface area contributed by atoms with Gasteiger partial charge in [-0.05, 0) is 18.9 Å². The van der Waals surface area contributed by atoms with Crippen molar-refractivity contribution in [1.82, 2.24) is 10.2 Å². The van der Waals surface area contributed by atoms with Crippen LogP contribution in [0.4, 0.5) is 5.69 Å². The summed E-state index contributed by atoms with van der Waals surface area (Å²) in [6.07, 6.45) is 1.35. The quantitative estimate of drug-likeness (QED) is 0.584. The number of hydrogen-bond donors (Lipinski definition) is 3. The minimum atomic E-state index is -1.39. The second kappa shape index (κ2) is 6.36. The number of hydrogen-bond acceptors (Lipinski definition) is 6. The summed E-state index contributed by atoms with van der Waals surface area (Å²) in [4.78, 5) is 52.7. The van der Waals surface area contributed by atoms with Gasteiger partial charge in [0.25, 0.3) is 0 Å². The summed E-state index contributed by atoms with van der Waals surface area (Å²) < 4.78 is 5.60. The van der Waals surface area contributed by atoms with E-state index in [0.29, 0.717) is 17.9 Å². The Labute approximate surface area is 166 Å². The molecule has 4 aliphatic rings. The van der Waals surface area contributed by atoms with Crippen LogP contribution in [0.1, 0.15) is 24.8 Å². The normalized spacial score (nSPS) is 35.3.